The van der Waals surface area contributed by atoms with Crippen LogP contribution in [0.15, 0.2) is 18.3 Å². The SMILES string of the molecule is O=C(O)CCNC(=O)c1cccn1O. The van der Waals surface area contributed by atoms with Gasteiger partial charge in [-0.25, -0.2) is 0 Å². The van der Waals surface area contributed by atoms with Crippen LogP contribution in [0, 0.1) is 0 Å². The van der Waals surface area contributed by atoms with Crippen molar-refractivity contribution < 1.29 is 19.9 Å². The molecule has 0 saturated carbocycles. The summed E-state index contributed by atoms with van der Waals surface area (Å²) >= 11 is 0. The fraction of sp³-hybridized carbons (Fsp3) is 0.250. The summed E-state index contributed by atoms with van der Waals surface area (Å²) in [5, 5.41) is 19.7. The van der Waals surface area contributed by atoms with Crippen molar-refractivity contribution in [2.45, 2.75) is 6.42 Å². The van der Waals surface area contributed by atoms with Gasteiger partial charge in [-0.3, -0.25) is 9.59 Å². The lowest BCUT2D eigenvalue weighted by molar-refractivity contribution is -0.136. The minimum absolute atomic E-state index is 0.0410. The number of hydrogen-bond donors (Lipinski definition) is 3. The first-order valence-electron chi connectivity index (χ1n) is 3.98. The summed E-state index contributed by atoms with van der Waals surface area (Å²) in [7, 11) is 0. The first-order valence-corrected chi connectivity index (χ1v) is 3.98. The van der Waals surface area contributed by atoms with Gasteiger partial charge >= 0.3 is 5.97 Å². The number of nitrogens with zero attached hydrogens (tertiary/aromatic N) is 1. The highest BCUT2D eigenvalue weighted by Gasteiger charge is 2.09. The fourth-order valence-electron chi connectivity index (χ4n) is 0.926. The van der Waals surface area contributed by atoms with E-state index in [2.05, 4.69) is 5.32 Å². The van der Waals surface area contributed by atoms with Crippen molar-refractivity contribution in [3.8, 4) is 0 Å². The molecule has 0 aliphatic rings. The standard InChI is InChI=1S/C8H10N2O4/c11-7(12)3-4-9-8(13)6-2-1-5-10(6)14/h1-2,5,14H,3-4H2,(H,9,13)(H,11,12). The second-order valence-electron chi connectivity index (χ2n) is 2.64. The molecule has 0 aromatic carbocycles. The average Bonchev–Trinajstić information content (AvgIpc) is 2.50. The molecule has 0 saturated heterocycles. The molecule has 1 heterocycles. The third-order valence-corrected chi connectivity index (χ3v) is 1.59. The lowest BCUT2D eigenvalue weighted by Crippen LogP contribution is -2.27. The van der Waals surface area contributed by atoms with Gasteiger partial charge < -0.3 is 15.6 Å². The number of rotatable bonds is 4. The molecule has 6 nitrogen and oxygen atoms in total. The van der Waals surface area contributed by atoms with Crippen LogP contribution in [0.25, 0.3) is 0 Å². The molecule has 0 atom stereocenters. The van der Waals surface area contributed by atoms with E-state index < -0.39 is 11.9 Å². The lowest BCUT2D eigenvalue weighted by Gasteiger charge is -2.02. The summed E-state index contributed by atoms with van der Waals surface area (Å²) in [6.07, 6.45) is 1.17. The molecule has 0 radical (unpaired) electrons. The van der Waals surface area contributed by atoms with E-state index in [-0.39, 0.29) is 18.7 Å². The Bertz CT molecular complexity index is 345. The maximum atomic E-state index is 11.2. The minimum Gasteiger partial charge on any atom is -0.481 e. The van der Waals surface area contributed by atoms with Crippen LogP contribution in [-0.4, -0.2) is 33.5 Å². The average molecular weight is 198 g/mol. The van der Waals surface area contributed by atoms with Gasteiger partial charge in [-0.15, -0.1) is 0 Å². The Kier molecular flexibility index (Phi) is 3.11. The molecule has 0 aliphatic carbocycles. The smallest absolute Gasteiger partial charge is 0.305 e. The van der Waals surface area contributed by atoms with E-state index in [0.29, 0.717) is 4.73 Å². The van der Waals surface area contributed by atoms with E-state index in [4.69, 9.17) is 10.3 Å². The molecule has 1 rings (SSSR count). The van der Waals surface area contributed by atoms with E-state index in [0.717, 1.165) is 0 Å². The van der Waals surface area contributed by atoms with E-state index in [1.54, 1.807) is 0 Å². The second kappa shape index (κ2) is 4.31. The van der Waals surface area contributed by atoms with Crippen molar-refractivity contribution in [3.63, 3.8) is 0 Å². The highest BCUT2D eigenvalue weighted by atomic mass is 16.5. The number of carbonyl (C=O) groups is 2. The number of carboxylic acids is 1. The van der Waals surface area contributed by atoms with E-state index in [9.17, 15) is 9.59 Å². The van der Waals surface area contributed by atoms with E-state index in [1.165, 1.54) is 18.3 Å². The first-order chi connectivity index (χ1) is 6.61. The van der Waals surface area contributed by atoms with Crippen LogP contribution in [-0.2, 0) is 4.79 Å². The zero-order valence-corrected chi connectivity index (χ0v) is 7.30. The van der Waals surface area contributed by atoms with Crippen LogP contribution >= 0.6 is 0 Å². The van der Waals surface area contributed by atoms with Crippen molar-refractivity contribution >= 4 is 11.9 Å². The Balaban J connectivity index is 2.44. The van der Waals surface area contributed by atoms with E-state index in [1.807, 2.05) is 0 Å². The molecule has 1 amide bonds. The number of aliphatic carboxylic acids is 1. The van der Waals surface area contributed by atoms with Crippen molar-refractivity contribution in [1.82, 2.24) is 10.0 Å². The highest BCUT2D eigenvalue weighted by molar-refractivity contribution is 5.92. The number of carbonyl (C=O) groups excluding carboxylic acids is 1. The Morgan fingerprint density at radius 1 is 1.50 bits per heavy atom. The second-order valence-corrected chi connectivity index (χ2v) is 2.64. The summed E-state index contributed by atoms with van der Waals surface area (Å²) < 4.78 is 0.677. The third kappa shape index (κ3) is 2.51. The first kappa shape index (κ1) is 10.1. The van der Waals surface area contributed by atoms with Crippen molar-refractivity contribution in [2.75, 3.05) is 6.54 Å². The molecule has 3 N–H and O–H groups in total. The Morgan fingerprint density at radius 2 is 2.21 bits per heavy atom. The van der Waals surface area contributed by atoms with Gasteiger partial charge in [0, 0.05) is 12.7 Å². The molecule has 0 bridgehead atoms. The molecule has 6 heteroatoms. The van der Waals surface area contributed by atoms with Gasteiger partial charge in [-0.05, 0) is 12.1 Å². The van der Waals surface area contributed by atoms with Crippen LogP contribution in [0.2, 0.25) is 0 Å². The zero-order chi connectivity index (χ0) is 10.6. The van der Waals surface area contributed by atoms with Gasteiger partial charge in [0.25, 0.3) is 5.91 Å². The van der Waals surface area contributed by atoms with Crippen molar-refractivity contribution in [1.29, 1.82) is 0 Å². The summed E-state index contributed by atoms with van der Waals surface area (Å²) in [4.78, 5) is 21.4. The summed E-state index contributed by atoms with van der Waals surface area (Å²) in [5.41, 5.74) is 0.0791. The minimum atomic E-state index is -0.982. The largest absolute Gasteiger partial charge is 0.481 e. The normalized spacial score (nSPS) is 9.71. The Hall–Kier alpha value is -1.98. The number of hydrogen-bond acceptors (Lipinski definition) is 3. The maximum Gasteiger partial charge on any atom is 0.305 e. The quantitative estimate of drug-likeness (QED) is 0.590. The molecule has 0 aliphatic heterocycles. The molecular weight excluding hydrogens is 188 g/mol. The molecule has 1 aromatic heterocycles. The number of aromatic nitrogens is 1. The highest BCUT2D eigenvalue weighted by Crippen LogP contribution is 1.98. The monoisotopic (exact) mass is 198 g/mol. The predicted octanol–water partition coefficient (Wildman–Crippen LogP) is -0.0701. The van der Waals surface area contributed by atoms with Gasteiger partial charge in [-0.1, -0.05) is 0 Å². The topological polar surface area (TPSA) is 91.6 Å². The lowest BCUT2D eigenvalue weighted by atomic mass is 10.4. The summed E-state index contributed by atoms with van der Waals surface area (Å²) in [6.45, 7) is 0.0410. The van der Waals surface area contributed by atoms with Crippen molar-refractivity contribution in [3.05, 3.63) is 24.0 Å². The third-order valence-electron chi connectivity index (χ3n) is 1.59. The molecule has 1 aromatic rings. The number of carboxylic acid groups (broad SMARTS) is 1. The van der Waals surface area contributed by atoms with Gasteiger partial charge in [0.15, 0.2) is 0 Å². The molecule has 0 unspecified atom stereocenters. The van der Waals surface area contributed by atoms with Gasteiger partial charge in [-0.2, -0.15) is 4.73 Å². The number of amides is 1. The van der Waals surface area contributed by atoms with Gasteiger partial charge in [0.05, 0.1) is 6.42 Å². The van der Waals surface area contributed by atoms with Crippen LogP contribution in [0.4, 0.5) is 0 Å². The van der Waals surface area contributed by atoms with Gasteiger partial charge in [0.2, 0.25) is 0 Å². The number of nitrogens with one attached hydrogen (secondary N) is 1. The van der Waals surface area contributed by atoms with Crippen LogP contribution in [0.1, 0.15) is 16.9 Å². The van der Waals surface area contributed by atoms with Crippen LogP contribution in [0.3, 0.4) is 0 Å². The van der Waals surface area contributed by atoms with Crippen LogP contribution < -0.4 is 5.32 Å². The molecule has 0 spiro atoms. The summed E-state index contributed by atoms with van der Waals surface area (Å²) in [5.74, 6) is -1.48. The predicted molar refractivity (Wildman–Crippen MR) is 46.2 cm³/mol. The van der Waals surface area contributed by atoms with Gasteiger partial charge in [0.1, 0.15) is 5.69 Å². The van der Waals surface area contributed by atoms with Crippen LogP contribution in [0.5, 0.6) is 0 Å². The van der Waals surface area contributed by atoms with E-state index >= 15 is 0 Å². The fourth-order valence-corrected chi connectivity index (χ4v) is 0.926. The maximum absolute atomic E-state index is 11.2. The Morgan fingerprint density at radius 3 is 2.71 bits per heavy atom. The molecular formula is C8H10N2O4. The Labute approximate surface area is 79.7 Å². The zero-order valence-electron chi connectivity index (χ0n) is 7.30. The molecule has 14 heavy (non-hydrogen) atoms. The summed E-state index contributed by atoms with van der Waals surface area (Å²) in [6, 6.07) is 2.93. The molecule has 76 valence electrons. The van der Waals surface area contributed by atoms with Crippen molar-refractivity contribution in [2.24, 2.45) is 0 Å². The molecule has 0 fully saturated rings.